The molecule has 0 bridgehead atoms. The van der Waals surface area contributed by atoms with E-state index >= 15 is 0 Å². The van der Waals surface area contributed by atoms with Gasteiger partial charge in [0.2, 0.25) is 0 Å². The fraction of sp³-hybridized carbons (Fsp3) is 0.950. The average Bonchev–Trinajstić information content (AvgIpc) is 3.34. The van der Waals surface area contributed by atoms with Crippen LogP contribution in [0.2, 0.25) is 0 Å². The Bertz CT molecular complexity index is 1010. The van der Waals surface area contributed by atoms with Crippen molar-refractivity contribution < 1.29 is 28.6 Å². The zero-order chi connectivity index (χ0) is 49.8. The molecule has 2 atom stereocenters. The Morgan fingerprint density at radius 2 is 0.588 bits per heavy atom. The van der Waals surface area contributed by atoms with Crippen LogP contribution in [0.25, 0.3) is 0 Å². The molecule has 2 unspecified atom stereocenters. The Kier molecular flexibility index (Phi) is 51.8. The smallest absolute Gasteiger partial charge is 0.308 e. The highest BCUT2D eigenvalue weighted by molar-refractivity contribution is 5.72. The molecular weight excluding hydrogens is 845 g/mol. The van der Waals surface area contributed by atoms with Gasteiger partial charge in [0.25, 0.3) is 0 Å². The molecule has 0 aromatic heterocycles. The van der Waals surface area contributed by atoms with Crippen LogP contribution in [-0.2, 0) is 28.6 Å². The monoisotopic (exact) mass is 963 g/mol. The van der Waals surface area contributed by atoms with Gasteiger partial charge >= 0.3 is 17.9 Å². The number of carbonyl (C=O) groups excluding carboxylic acids is 3. The van der Waals surface area contributed by atoms with E-state index in [-0.39, 0.29) is 29.7 Å². The van der Waals surface area contributed by atoms with Crippen molar-refractivity contribution in [2.24, 2.45) is 11.8 Å². The van der Waals surface area contributed by atoms with E-state index in [2.05, 4.69) is 51.3 Å². The molecule has 0 saturated heterocycles. The fourth-order valence-corrected chi connectivity index (χ4v) is 9.60. The predicted octanol–water partition coefficient (Wildman–Crippen LogP) is 17.2. The minimum Gasteiger partial charge on any atom is -0.466 e. The van der Waals surface area contributed by atoms with Gasteiger partial charge in [-0.1, -0.05) is 221 Å². The molecule has 0 heterocycles. The van der Waals surface area contributed by atoms with Crippen LogP contribution < -0.4 is 0 Å². The van der Waals surface area contributed by atoms with Gasteiger partial charge in [0.15, 0.2) is 0 Å². The molecule has 0 rings (SSSR count). The largest absolute Gasteiger partial charge is 0.466 e. The molecule has 0 aliphatic carbocycles. The number of ether oxygens (including phenoxy) is 3. The van der Waals surface area contributed by atoms with Crippen LogP contribution >= 0.6 is 0 Å². The van der Waals surface area contributed by atoms with Crippen molar-refractivity contribution in [3.8, 4) is 0 Å². The summed E-state index contributed by atoms with van der Waals surface area (Å²) in [4.78, 5) is 43.8. The van der Waals surface area contributed by atoms with Gasteiger partial charge in [-0.3, -0.25) is 14.4 Å². The van der Waals surface area contributed by atoms with Gasteiger partial charge in [0.05, 0.1) is 38.1 Å². The SMILES string of the molecule is CCCCCCCCC(CCCCCC)C(=O)OCCCCCCCCN(CCCCCCCCOC(=O)C(CCCCCC)CCCCCCCC)CCC(=O)OCCCCCN(CC)CC. The van der Waals surface area contributed by atoms with E-state index in [0.29, 0.717) is 26.2 Å². The van der Waals surface area contributed by atoms with E-state index in [1.807, 2.05) is 0 Å². The van der Waals surface area contributed by atoms with Crippen LogP contribution in [0.15, 0.2) is 0 Å². The van der Waals surface area contributed by atoms with Gasteiger partial charge in [-0.05, 0) is 103 Å². The van der Waals surface area contributed by atoms with Gasteiger partial charge in [-0.15, -0.1) is 0 Å². The van der Waals surface area contributed by atoms with E-state index in [0.717, 1.165) is 148 Å². The Morgan fingerprint density at radius 1 is 0.309 bits per heavy atom. The average molecular weight is 964 g/mol. The standard InChI is InChI=1S/C60H118N2O6/c1-7-13-17-21-27-36-46-56(44-34-19-15-9-3)59(64)67-54-41-31-25-23-29-38-50-62(52-48-58(63)66-53-43-33-40-49-61(11-5)12-6)51-39-30-24-26-32-42-55-68-60(65)57(45-35-20-16-10-4)47-37-28-22-18-14-8-2/h56-57H,7-55H2,1-6H3. The Balaban J connectivity index is 4.68. The van der Waals surface area contributed by atoms with Crippen LogP contribution in [0.4, 0.5) is 0 Å². The van der Waals surface area contributed by atoms with E-state index < -0.39 is 0 Å². The van der Waals surface area contributed by atoms with Gasteiger partial charge in [-0.2, -0.15) is 0 Å². The number of esters is 3. The highest BCUT2D eigenvalue weighted by Crippen LogP contribution is 2.23. The van der Waals surface area contributed by atoms with Crippen molar-refractivity contribution in [1.82, 2.24) is 9.80 Å². The van der Waals surface area contributed by atoms with Crippen LogP contribution in [0, 0.1) is 11.8 Å². The molecule has 8 nitrogen and oxygen atoms in total. The summed E-state index contributed by atoms with van der Waals surface area (Å²) in [5.41, 5.74) is 0. The second kappa shape index (κ2) is 53.1. The Hall–Kier alpha value is -1.67. The van der Waals surface area contributed by atoms with E-state index in [9.17, 15) is 14.4 Å². The number of carbonyl (C=O) groups is 3. The maximum absolute atomic E-state index is 13.1. The lowest BCUT2D eigenvalue weighted by atomic mass is 9.94. The minimum absolute atomic E-state index is 0.0538. The van der Waals surface area contributed by atoms with Crippen LogP contribution in [-0.4, -0.2) is 86.8 Å². The molecule has 404 valence electrons. The number of nitrogens with zero attached hydrogens (tertiary/aromatic N) is 2. The van der Waals surface area contributed by atoms with E-state index in [1.165, 1.54) is 141 Å². The second-order valence-corrected chi connectivity index (χ2v) is 20.7. The first kappa shape index (κ1) is 66.3. The topological polar surface area (TPSA) is 85.4 Å². The first-order valence-electron chi connectivity index (χ1n) is 30.3. The highest BCUT2D eigenvalue weighted by Gasteiger charge is 2.21. The molecule has 0 aliphatic heterocycles. The summed E-state index contributed by atoms with van der Waals surface area (Å²) >= 11 is 0. The summed E-state index contributed by atoms with van der Waals surface area (Å²) in [5.74, 6) is 0.216. The Morgan fingerprint density at radius 3 is 0.956 bits per heavy atom. The molecular formula is C60H118N2O6. The predicted molar refractivity (Wildman–Crippen MR) is 291 cm³/mol. The molecule has 0 spiro atoms. The first-order valence-corrected chi connectivity index (χ1v) is 30.3. The number of rotatable bonds is 55. The molecule has 0 aromatic carbocycles. The maximum atomic E-state index is 13.1. The van der Waals surface area contributed by atoms with Crippen molar-refractivity contribution in [2.45, 2.75) is 298 Å². The van der Waals surface area contributed by atoms with Gasteiger partial charge in [0.1, 0.15) is 0 Å². The lowest BCUT2D eigenvalue weighted by molar-refractivity contribution is -0.150. The summed E-state index contributed by atoms with van der Waals surface area (Å²) in [6, 6.07) is 0. The van der Waals surface area contributed by atoms with Gasteiger partial charge < -0.3 is 24.0 Å². The lowest BCUT2D eigenvalue weighted by Gasteiger charge is -2.22. The third kappa shape index (κ3) is 44.3. The second-order valence-electron chi connectivity index (χ2n) is 20.7. The molecule has 0 N–H and O–H groups in total. The molecule has 8 heteroatoms. The van der Waals surface area contributed by atoms with Crippen molar-refractivity contribution in [3.05, 3.63) is 0 Å². The van der Waals surface area contributed by atoms with E-state index in [1.54, 1.807) is 0 Å². The summed E-state index contributed by atoms with van der Waals surface area (Å²) in [7, 11) is 0. The summed E-state index contributed by atoms with van der Waals surface area (Å²) in [6.45, 7) is 21.2. The van der Waals surface area contributed by atoms with Crippen molar-refractivity contribution in [1.29, 1.82) is 0 Å². The molecule has 0 saturated carbocycles. The summed E-state index contributed by atoms with van der Waals surface area (Å²) < 4.78 is 17.4. The van der Waals surface area contributed by atoms with Crippen LogP contribution in [0.3, 0.4) is 0 Å². The molecule has 0 aromatic rings. The molecule has 68 heavy (non-hydrogen) atoms. The van der Waals surface area contributed by atoms with Crippen molar-refractivity contribution in [2.75, 3.05) is 59.1 Å². The molecule has 0 amide bonds. The third-order valence-corrected chi connectivity index (χ3v) is 14.4. The summed E-state index contributed by atoms with van der Waals surface area (Å²) in [5, 5.41) is 0. The zero-order valence-corrected chi connectivity index (χ0v) is 46.6. The highest BCUT2D eigenvalue weighted by atomic mass is 16.5. The first-order chi connectivity index (χ1) is 33.4. The zero-order valence-electron chi connectivity index (χ0n) is 46.6. The van der Waals surface area contributed by atoms with Crippen molar-refractivity contribution >= 4 is 17.9 Å². The quantitative estimate of drug-likeness (QED) is 0.0339. The maximum Gasteiger partial charge on any atom is 0.308 e. The molecule has 0 radical (unpaired) electrons. The molecule has 0 fully saturated rings. The van der Waals surface area contributed by atoms with Gasteiger partial charge in [-0.25, -0.2) is 0 Å². The van der Waals surface area contributed by atoms with Crippen LogP contribution in [0.1, 0.15) is 298 Å². The summed E-state index contributed by atoms with van der Waals surface area (Å²) in [6.07, 6.45) is 46.0. The van der Waals surface area contributed by atoms with E-state index in [4.69, 9.17) is 14.2 Å². The number of hydrogen-bond donors (Lipinski definition) is 0. The third-order valence-electron chi connectivity index (χ3n) is 14.4. The normalized spacial score (nSPS) is 12.5. The van der Waals surface area contributed by atoms with Crippen LogP contribution in [0.5, 0.6) is 0 Å². The lowest BCUT2D eigenvalue weighted by Crippen LogP contribution is -2.29. The fourth-order valence-electron chi connectivity index (χ4n) is 9.60. The number of hydrogen-bond acceptors (Lipinski definition) is 8. The number of unbranched alkanes of at least 4 members (excludes halogenated alkanes) is 28. The molecule has 0 aliphatic rings. The van der Waals surface area contributed by atoms with Crippen molar-refractivity contribution in [3.63, 3.8) is 0 Å². The van der Waals surface area contributed by atoms with Gasteiger partial charge in [0, 0.05) is 6.54 Å². The Labute approximate surface area is 424 Å². The minimum atomic E-state index is -0.0596.